The molecule has 4 nitrogen and oxygen atoms in total. The number of benzene rings is 2. The van der Waals surface area contributed by atoms with Crippen LogP contribution >= 0.6 is 11.6 Å². The number of rotatable bonds is 6. The van der Waals surface area contributed by atoms with Crippen LogP contribution in [0.3, 0.4) is 0 Å². The number of halogens is 2. The van der Waals surface area contributed by atoms with E-state index in [-0.39, 0.29) is 18.1 Å². The van der Waals surface area contributed by atoms with Crippen LogP contribution in [0.4, 0.5) is 4.39 Å². The Morgan fingerprint density at radius 1 is 1.24 bits per heavy atom. The SMILES string of the molecule is COCCNC(=O)Cc1c(-c2ccc(F)cc2)[nH]c2ccc(Cl)cc12. The smallest absolute Gasteiger partial charge is 0.224 e. The van der Waals surface area contributed by atoms with Crippen LogP contribution < -0.4 is 5.32 Å². The summed E-state index contributed by atoms with van der Waals surface area (Å²) in [5, 5.41) is 4.30. The van der Waals surface area contributed by atoms with Gasteiger partial charge in [0, 0.05) is 29.6 Å². The van der Waals surface area contributed by atoms with Gasteiger partial charge in [0.2, 0.25) is 5.91 Å². The molecular weight excluding hydrogens is 343 g/mol. The molecular formula is C19H18ClFN2O2. The molecule has 0 unspecified atom stereocenters. The lowest BCUT2D eigenvalue weighted by Crippen LogP contribution is -2.28. The third-order valence-electron chi connectivity index (χ3n) is 3.97. The van der Waals surface area contributed by atoms with Gasteiger partial charge in [-0.1, -0.05) is 11.6 Å². The minimum atomic E-state index is -0.304. The molecule has 0 saturated heterocycles. The summed E-state index contributed by atoms with van der Waals surface area (Å²) in [6, 6.07) is 11.7. The first-order valence-corrected chi connectivity index (χ1v) is 8.28. The van der Waals surface area contributed by atoms with Crippen molar-refractivity contribution in [3.63, 3.8) is 0 Å². The number of nitrogens with one attached hydrogen (secondary N) is 2. The fraction of sp³-hybridized carbons (Fsp3) is 0.211. The number of hydrogen-bond donors (Lipinski definition) is 2. The van der Waals surface area contributed by atoms with E-state index in [2.05, 4.69) is 10.3 Å². The predicted octanol–water partition coefficient (Wildman–Crippen LogP) is 3.93. The molecule has 1 amide bonds. The Morgan fingerprint density at radius 3 is 2.72 bits per heavy atom. The summed E-state index contributed by atoms with van der Waals surface area (Å²) in [6.45, 7) is 0.903. The van der Waals surface area contributed by atoms with Crippen LogP contribution in [-0.2, 0) is 16.0 Å². The van der Waals surface area contributed by atoms with Crippen LogP contribution in [0.1, 0.15) is 5.56 Å². The number of hydrogen-bond acceptors (Lipinski definition) is 2. The van der Waals surface area contributed by atoms with Crippen molar-refractivity contribution in [3.8, 4) is 11.3 Å². The van der Waals surface area contributed by atoms with Gasteiger partial charge in [-0.3, -0.25) is 4.79 Å². The van der Waals surface area contributed by atoms with Gasteiger partial charge in [0.15, 0.2) is 0 Å². The van der Waals surface area contributed by atoms with Crippen LogP contribution in [0.25, 0.3) is 22.2 Å². The molecule has 2 aromatic carbocycles. The fourth-order valence-corrected chi connectivity index (χ4v) is 2.95. The zero-order chi connectivity index (χ0) is 17.8. The Bertz CT molecular complexity index is 890. The van der Waals surface area contributed by atoms with E-state index in [4.69, 9.17) is 16.3 Å². The highest BCUT2D eigenvalue weighted by Crippen LogP contribution is 2.32. The molecule has 1 heterocycles. The second-order valence-electron chi connectivity index (χ2n) is 5.69. The molecule has 130 valence electrons. The van der Waals surface area contributed by atoms with E-state index < -0.39 is 0 Å². The Labute approximate surface area is 149 Å². The summed E-state index contributed by atoms with van der Waals surface area (Å²) in [7, 11) is 1.58. The topological polar surface area (TPSA) is 54.1 Å². The Hall–Kier alpha value is -2.37. The summed E-state index contributed by atoms with van der Waals surface area (Å²) >= 11 is 6.13. The molecule has 3 rings (SSSR count). The van der Waals surface area contributed by atoms with Gasteiger partial charge in [-0.2, -0.15) is 0 Å². The average Bonchev–Trinajstić information content (AvgIpc) is 2.94. The van der Waals surface area contributed by atoms with Crippen LogP contribution in [0.15, 0.2) is 42.5 Å². The summed E-state index contributed by atoms with van der Waals surface area (Å²) in [6.07, 6.45) is 0.191. The number of aromatic amines is 1. The highest BCUT2D eigenvalue weighted by molar-refractivity contribution is 6.31. The zero-order valence-electron chi connectivity index (χ0n) is 13.7. The lowest BCUT2D eigenvalue weighted by molar-refractivity contribution is -0.120. The van der Waals surface area contributed by atoms with Crippen molar-refractivity contribution in [2.45, 2.75) is 6.42 Å². The van der Waals surface area contributed by atoms with E-state index in [1.54, 1.807) is 25.3 Å². The van der Waals surface area contributed by atoms with Crippen molar-refractivity contribution >= 4 is 28.4 Å². The Kier molecular flexibility index (Phi) is 5.36. The van der Waals surface area contributed by atoms with Crippen LogP contribution in [0.2, 0.25) is 5.02 Å². The average molecular weight is 361 g/mol. The number of methoxy groups -OCH3 is 1. The van der Waals surface area contributed by atoms with Crippen molar-refractivity contribution in [2.24, 2.45) is 0 Å². The third-order valence-corrected chi connectivity index (χ3v) is 4.20. The van der Waals surface area contributed by atoms with Gasteiger partial charge >= 0.3 is 0 Å². The number of carbonyl (C=O) groups excluding carboxylic acids is 1. The maximum atomic E-state index is 13.2. The van der Waals surface area contributed by atoms with E-state index in [1.165, 1.54) is 12.1 Å². The first-order chi connectivity index (χ1) is 12.1. The summed E-state index contributed by atoms with van der Waals surface area (Å²) in [4.78, 5) is 15.6. The van der Waals surface area contributed by atoms with Crippen LogP contribution in [-0.4, -0.2) is 31.2 Å². The van der Waals surface area contributed by atoms with E-state index in [1.807, 2.05) is 12.1 Å². The molecule has 0 spiro atoms. The monoisotopic (exact) mass is 360 g/mol. The summed E-state index contributed by atoms with van der Waals surface area (Å²) in [5.74, 6) is -0.414. The number of H-pyrrole nitrogens is 1. The maximum Gasteiger partial charge on any atom is 0.224 e. The lowest BCUT2D eigenvalue weighted by Gasteiger charge is -2.07. The molecule has 2 N–H and O–H groups in total. The van der Waals surface area contributed by atoms with Gasteiger partial charge in [-0.15, -0.1) is 0 Å². The molecule has 0 atom stereocenters. The summed E-state index contributed by atoms with van der Waals surface area (Å²) < 4.78 is 18.2. The van der Waals surface area contributed by atoms with E-state index >= 15 is 0 Å². The van der Waals surface area contributed by atoms with Gasteiger partial charge in [0.1, 0.15) is 5.82 Å². The quantitative estimate of drug-likeness (QED) is 0.654. The molecule has 0 radical (unpaired) electrons. The molecule has 0 bridgehead atoms. The molecule has 0 aliphatic rings. The number of amides is 1. The molecule has 0 saturated carbocycles. The van der Waals surface area contributed by atoms with Gasteiger partial charge in [0.05, 0.1) is 18.7 Å². The number of ether oxygens (including phenoxy) is 1. The van der Waals surface area contributed by atoms with E-state index in [9.17, 15) is 9.18 Å². The van der Waals surface area contributed by atoms with Gasteiger partial charge in [-0.05, 0) is 53.6 Å². The van der Waals surface area contributed by atoms with Crippen molar-refractivity contribution in [1.82, 2.24) is 10.3 Å². The minimum absolute atomic E-state index is 0.110. The molecule has 3 aromatic rings. The molecule has 0 fully saturated rings. The molecule has 25 heavy (non-hydrogen) atoms. The first-order valence-electron chi connectivity index (χ1n) is 7.90. The predicted molar refractivity (Wildman–Crippen MR) is 97.3 cm³/mol. The van der Waals surface area contributed by atoms with Crippen molar-refractivity contribution in [1.29, 1.82) is 0 Å². The van der Waals surface area contributed by atoms with Crippen molar-refractivity contribution in [3.05, 3.63) is 58.9 Å². The van der Waals surface area contributed by atoms with Crippen molar-refractivity contribution < 1.29 is 13.9 Å². The number of fused-ring (bicyclic) bond motifs is 1. The highest BCUT2D eigenvalue weighted by atomic mass is 35.5. The Morgan fingerprint density at radius 2 is 2.00 bits per heavy atom. The van der Waals surface area contributed by atoms with Crippen LogP contribution in [0.5, 0.6) is 0 Å². The largest absolute Gasteiger partial charge is 0.383 e. The minimum Gasteiger partial charge on any atom is -0.383 e. The fourth-order valence-electron chi connectivity index (χ4n) is 2.78. The lowest BCUT2D eigenvalue weighted by atomic mass is 10.0. The highest BCUT2D eigenvalue weighted by Gasteiger charge is 2.16. The van der Waals surface area contributed by atoms with Gasteiger partial charge in [0.25, 0.3) is 0 Å². The molecule has 0 aliphatic carbocycles. The first kappa shape index (κ1) is 17.5. The number of carbonyl (C=O) groups is 1. The number of aromatic nitrogens is 1. The van der Waals surface area contributed by atoms with Crippen LogP contribution in [0, 0.1) is 5.82 Å². The Balaban J connectivity index is 2.00. The standard InChI is InChI=1S/C19H18ClFN2O2/c1-25-9-8-22-18(24)11-16-15-10-13(20)4-7-17(15)23-19(16)12-2-5-14(21)6-3-12/h2-7,10,23H,8-9,11H2,1H3,(H,22,24). The van der Waals surface area contributed by atoms with E-state index in [0.29, 0.717) is 18.2 Å². The molecule has 0 aliphatic heterocycles. The maximum absolute atomic E-state index is 13.2. The molecule has 1 aromatic heterocycles. The van der Waals surface area contributed by atoms with Crippen molar-refractivity contribution in [2.75, 3.05) is 20.3 Å². The normalized spacial score (nSPS) is 11.0. The molecule has 6 heteroatoms. The second kappa shape index (κ2) is 7.68. The van der Waals surface area contributed by atoms with Gasteiger partial charge < -0.3 is 15.0 Å². The summed E-state index contributed by atoms with van der Waals surface area (Å²) in [5.41, 5.74) is 3.31. The van der Waals surface area contributed by atoms with E-state index in [0.717, 1.165) is 27.7 Å². The zero-order valence-corrected chi connectivity index (χ0v) is 14.5. The second-order valence-corrected chi connectivity index (χ2v) is 6.13. The third kappa shape index (κ3) is 4.00. The van der Waals surface area contributed by atoms with Gasteiger partial charge in [-0.25, -0.2) is 4.39 Å².